The number of hydrogen-bond donors (Lipinski definition) is 3. The first-order chi connectivity index (χ1) is 11.6. The number of carbonyl (C=O) groups is 2. The maximum atomic E-state index is 12.4. The number of hydrogen-bond acceptors (Lipinski definition) is 3. The molecular formula is C18H21N3O3. The minimum atomic E-state index is -0.729. The Kier molecular flexibility index (Phi) is 6.19. The van der Waals surface area contributed by atoms with Gasteiger partial charge >= 0.3 is 6.03 Å². The van der Waals surface area contributed by atoms with Crippen LogP contribution in [0.25, 0.3) is 0 Å². The molecule has 6 nitrogen and oxygen atoms in total. The largest absolute Gasteiger partial charge is 0.497 e. The van der Waals surface area contributed by atoms with Crippen LogP contribution >= 0.6 is 0 Å². The topological polar surface area (TPSA) is 93.4 Å². The first-order valence-electron chi connectivity index (χ1n) is 7.59. The molecular weight excluding hydrogens is 306 g/mol. The molecule has 0 saturated heterocycles. The lowest BCUT2D eigenvalue weighted by molar-refractivity contribution is -0.123. The fraction of sp³-hybridized carbons (Fsp3) is 0.222. The Morgan fingerprint density at radius 3 is 2.46 bits per heavy atom. The molecule has 0 aromatic heterocycles. The number of methoxy groups -OCH3 is 1. The van der Waals surface area contributed by atoms with Gasteiger partial charge in [0.1, 0.15) is 11.8 Å². The number of carbonyl (C=O) groups excluding carboxylic acids is 2. The van der Waals surface area contributed by atoms with Crippen molar-refractivity contribution in [1.29, 1.82) is 0 Å². The number of nitrogens with one attached hydrogen (secondary N) is 2. The fourth-order valence-corrected chi connectivity index (χ4v) is 2.33. The van der Waals surface area contributed by atoms with Gasteiger partial charge in [0, 0.05) is 13.0 Å². The lowest BCUT2D eigenvalue weighted by Gasteiger charge is -2.17. The molecule has 0 heterocycles. The lowest BCUT2D eigenvalue weighted by Crippen LogP contribution is -2.49. The van der Waals surface area contributed by atoms with E-state index in [1.54, 1.807) is 7.11 Å². The molecule has 24 heavy (non-hydrogen) atoms. The van der Waals surface area contributed by atoms with Crippen LogP contribution in [0.1, 0.15) is 11.1 Å². The Morgan fingerprint density at radius 1 is 1.08 bits per heavy atom. The van der Waals surface area contributed by atoms with Gasteiger partial charge in [-0.1, -0.05) is 42.5 Å². The molecule has 126 valence electrons. The average molecular weight is 327 g/mol. The van der Waals surface area contributed by atoms with Crippen molar-refractivity contribution < 1.29 is 14.3 Å². The molecule has 4 N–H and O–H groups in total. The summed E-state index contributed by atoms with van der Waals surface area (Å²) in [6, 6.07) is 15.4. The minimum Gasteiger partial charge on any atom is -0.497 e. The molecule has 1 atom stereocenters. The van der Waals surface area contributed by atoms with E-state index >= 15 is 0 Å². The molecule has 6 heteroatoms. The van der Waals surface area contributed by atoms with Crippen molar-refractivity contribution in [2.45, 2.75) is 19.0 Å². The van der Waals surface area contributed by atoms with Crippen molar-refractivity contribution in [3.05, 3.63) is 65.7 Å². The minimum absolute atomic E-state index is 0.291. The fourth-order valence-electron chi connectivity index (χ4n) is 2.33. The molecule has 1 unspecified atom stereocenters. The summed E-state index contributed by atoms with van der Waals surface area (Å²) in [5.41, 5.74) is 7.02. The average Bonchev–Trinajstić information content (AvgIpc) is 2.60. The first-order valence-corrected chi connectivity index (χ1v) is 7.59. The number of amides is 3. The highest BCUT2D eigenvalue weighted by Crippen LogP contribution is 2.12. The second-order valence-electron chi connectivity index (χ2n) is 5.32. The Bertz CT molecular complexity index is 689. The maximum absolute atomic E-state index is 12.4. The van der Waals surface area contributed by atoms with Gasteiger partial charge < -0.3 is 21.1 Å². The van der Waals surface area contributed by atoms with Crippen LogP contribution in [0.3, 0.4) is 0 Å². The highest BCUT2D eigenvalue weighted by Gasteiger charge is 2.20. The predicted molar refractivity (Wildman–Crippen MR) is 91.5 cm³/mol. The number of urea groups is 1. The maximum Gasteiger partial charge on any atom is 0.312 e. The monoisotopic (exact) mass is 327 g/mol. The van der Waals surface area contributed by atoms with E-state index in [9.17, 15) is 9.59 Å². The van der Waals surface area contributed by atoms with Crippen LogP contribution < -0.4 is 21.1 Å². The third-order valence-electron chi connectivity index (χ3n) is 3.52. The first kappa shape index (κ1) is 17.3. The normalized spacial score (nSPS) is 11.4. The van der Waals surface area contributed by atoms with Crippen LogP contribution in [0.4, 0.5) is 4.79 Å². The summed E-state index contributed by atoms with van der Waals surface area (Å²) in [5.74, 6) is 0.429. The van der Waals surface area contributed by atoms with Gasteiger partial charge in [-0.2, -0.15) is 0 Å². The van der Waals surface area contributed by atoms with Gasteiger partial charge in [-0.05, 0) is 23.3 Å². The van der Waals surface area contributed by atoms with Crippen molar-refractivity contribution >= 4 is 11.9 Å². The van der Waals surface area contributed by atoms with Crippen molar-refractivity contribution in [1.82, 2.24) is 10.6 Å². The van der Waals surface area contributed by atoms with Gasteiger partial charge in [-0.25, -0.2) is 4.79 Å². The van der Waals surface area contributed by atoms with Crippen molar-refractivity contribution in [2.75, 3.05) is 7.11 Å². The van der Waals surface area contributed by atoms with E-state index in [0.29, 0.717) is 13.0 Å². The van der Waals surface area contributed by atoms with Crippen LogP contribution in [0, 0.1) is 0 Å². The molecule has 0 aliphatic rings. The second kappa shape index (κ2) is 8.57. The molecule has 0 radical (unpaired) electrons. The summed E-state index contributed by atoms with van der Waals surface area (Å²) in [5, 5.41) is 5.30. The van der Waals surface area contributed by atoms with E-state index in [-0.39, 0.29) is 5.91 Å². The Labute approximate surface area is 141 Å². The zero-order valence-corrected chi connectivity index (χ0v) is 13.5. The highest BCUT2D eigenvalue weighted by molar-refractivity contribution is 5.86. The van der Waals surface area contributed by atoms with E-state index in [1.165, 1.54) is 0 Å². The van der Waals surface area contributed by atoms with E-state index in [2.05, 4.69) is 10.6 Å². The van der Waals surface area contributed by atoms with Crippen LogP contribution in [-0.4, -0.2) is 25.1 Å². The summed E-state index contributed by atoms with van der Waals surface area (Å²) in [4.78, 5) is 23.6. The van der Waals surface area contributed by atoms with Crippen molar-refractivity contribution in [3.8, 4) is 5.75 Å². The molecule has 3 amide bonds. The number of rotatable bonds is 7. The van der Waals surface area contributed by atoms with Crippen molar-refractivity contribution in [2.24, 2.45) is 5.73 Å². The molecule has 0 fully saturated rings. The van der Waals surface area contributed by atoms with E-state index in [4.69, 9.17) is 10.5 Å². The summed E-state index contributed by atoms with van der Waals surface area (Å²) in [7, 11) is 1.59. The number of nitrogens with two attached hydrogens (primary N) is 1. The molecule has 2 aromatic carbocycles. The molecule has 0 bridgehead atoms. The van der Waals surface area contributed by atoms with Gasteiger partial charge in [0.2, 0.25) is 5.91 Å². The van der Waals surface area contributed by atoms with E-state index < -0.39 is 12.1 Å². The third-order valence-corrected chi connectivity index (χ3v) is 3.52. The smallest absolute Gasteiger partial charge is 0.312 e. The Balaban J connectivity index is 2.00. The third kappa shape index (κ3) is 5.31. The summed E-state index contributed by atoms with van der Waals surface area (Å²) >= 11 is 0. The number of primary amides is 1. The molecule has 0 saturated carbocycles. The SMILES string of the molecule is COc1cccc(CNC(=O)C(Cc2ccccc2)NC(N)=O)c1. The van der Waals surface area contributed by atoms with Gasteiger partial charge in [-0.3, -0.25) is 4.79 Å². The highest BCUT2D eigenvalue weighted by atomic mass is 16.5. The van der Waals surface area contributed by atoms with E-state index in [0.717, 1.165) is 16.9 Å². The number of ether oxygens (including phenoxy) is 1. The van der Waals surface area contributed by atoms with Gasteiger partial charge in [0.15, 0.2) is 0 Å². The summed E-state index contributed by atoms with van der Waals surface area (Å²) in [6.07, 6.45) is 0.369. The second-order valence-corrected chi connectivity index (χ2v) is 5.32. The van der Waals surface area contributed by atoms with Gasteiger partial charge in [0.25, 0.3) is 0 Å². The van der Waals surface area contributed by atoms with Gasteiger partial charge in [0.05, 0.1) is 7.11 Å². The van der Waals surface area contributed by atoms with E-state index in [1.807, 2.05) is 54.6 Å². The predicted octanol–water partition coefficient (Wildman–Crippen LogP) is 1.59. The van der Waals surface area contributed by atoms with Crippen LogP contribution in [0.2, 0.25) is 0 Å². The zero-order chi connectivity index (χ0) is 17.4. The molecule has 2 rings (SSSR count). The molecule has 0 aliphatic heterocycles. The molecule has 2 aromatic rings. The molecule has 0 aliphatic carbocycles. The van der Waals surface area contributed by atoms with Crippen LogP contribution in [0.15, 0.2) is 54.6 Å². The lowest BCUT2D eigenvalue weighted by atomic mass is 10.1. The van der Waals surface area contributed by atoms with Crippen LogP contribution in [0.5, 0.6) is 5.75 Å². The zero-order valence-electron chi connectivity index (χ0n) is 13.5. The summed E-state index contributed by atoms with van der Waals surface area (Å²) in [6.45, 7) is 0.335. The van der Waals surface area contributed by atoms with Crippen LogP contribution in [-0.2, 0) is 17.8 Å². The Hall–Kier alpha value is -3.02. The quantitative estimate of drug-likeness (QED) is 0.721. The molecule has 0 spiro atoms. The van der Waals surface area contributed by atoms with Crippen molar-refractivity contribution in [3.63, 3.8) is 0 Å². The standard InChI is InChI=1S/C18H21N3O3/c1-24-15-9-5-8-14(10-15)12-20-17(22)16(21-18(19)23)11-13-6-3-2-4-7-13/h2-10,16H,11-12H2,1H3,(H,20,22)(H3,19,21,23). The summed E-state index contributed by atoms with van der Waals surface area (Å²) < 4.78 is 5.15. The Morgan fingerprint density at radius 2 is 1.79 bits per heavy atom. The number of benzene rings is 2. The van der Waals surface area contributed by atoms with Gasteiger partial charge in [-0.15, -0.1) is 0 Å².